The Balaban J connectivity index is 1.60. The van der Waals surface area contributed by atoms with Crippen LogP contribution in [-0.4, -0.2) is 61.0 Å². The number of ether oxygens (including phenoxy) is 1. The van der Waals surface area contributed by atoms with Gasteiger partial charge in [0.05, 0.1) is 6.04 Å². The van der Waals surface area contributed by atoms with E-state index in [4.69, 9.17) is 4.74 Å². The first-order valence-electron chi connectivity index (χ1n) is 14.6. The Labute approximate surface area is 220 Å². The van der Waals surface area contributed by atoms with Crippen LogP contribution in [0.3, 0.4) is 0 Å². The molecule has 0 aliphatic heterocycles. The number of carbonyl (C=O) groups is 2. The summed E-state index contributed by atoms with van der Waals surface area (Å²) in [6.45, 7) is 13.0. The largest absolute Gasteiger partial charge is 0.460 e. The number of likely N-dealkylation sites (N-methyl/N-ethyl adjacent to an activating group) is 1. The van der Waals surface area contributed by atoms with E-state index in [1.54, 1.807) is 6.08 Å². The predicted molar refractivity (Wildman–Crippen MR) is 145 cm³/mol. The number of hydrogen-bond donors (Lipinski definition) is 0. The zero-order valence-electron chi connectivity index (χ0n) is 24.5. The number of carbonyl (C=O) groups excluding carboxylic acids is 2. The maximum absolute atomic E-state index is 13.0. The quantitative estimate of drug-likeness (QED) is 0.347. The summed E-state index contributed by atoms with van der Waals surface area (Å²) in [7, 11) is 6.38. The molecule has 0 spiro atoms. The SMILES string of the molecule is CC(=O)O[C@H]1[C@H](N(C)C(=O)C=C(C)C)CC[C@@]2(C)[C@H]3CC[C@@]4(C)[C@@H]([C@@H](C)N(C)C)CC[C@H]4[C@H]3CC[C@@H]12. The van der Waals surface area contributed by atoms with Gasteiger partial charge in [-0.2, -0.15) is 0 Å². The number of nitrogens with zero attached hydrogens (tertiary/aromatic N) is 2. The zero-order chi connectivity index (χ0) is 26.6. The van der Waals surface area contributed by atoms with Gasteiger partial charge >= 0.3 is 5.97 Å². The van der Waals surface area contributed by atoms with E-state index >= 15 is 0 Å². The number of allylic oxidation sites excluding steroid dienone is 1. The number of esters is 1. The maximum Gasteiger partial charge on any atom is 0.302 e. The van der Waals surface area contributed by atoms with Crippen molar-refractivity contribution >= 4 is 11.9 Å². The summed E-state index contributed by atoms with van der Waals surface area (Å²) in [5, 5.41) is 0. The van der Waals surface area contributed by atoms with Crippen LogP contribution in [0.15, 0.2) is 11.6 Å². The van der Waals surface area contributed by atoms with Gasteiger partial charge in [-0.1, -0.05) is 19.4 Å². The second-order valence-electron chi connectivity index (χ2n) is 13.8. The molecule has 0 bridgehead atoms. The molecule has 5 heteroatoms. The van der Waals surface area contributed by atoms with E-state index in [-0.39, 0.29) is 29.4 Å². The van der Waals surface area contributed by atoms with Gasteiger partial charge in [0.15, 0.2) is 0 Å². The van der Waals surface area contributed by atoms with E-state index in [2.05, 4.69) is 39.8 Å². The molecule has 0 aromatic rings. The van der Waals surface area contributed by atoms with E-state index in [0.717, 1.165) is 42.6 Å². The minimum atomic E-state index is -0.216. The molecule has 36 heavy (non-hydrogen) atoms. The van der Waals surface area contributed by atoms with Crippen LogP contribution >= 0.6 is 0 Å². The second kappa shape index (κ2) is 10.1. The topological polar surface area (TPSA) is 49.9 Å². The van der Waals surface area contributed by atoms with Crippen LogP contribution in [0.2, 0.25) is 0 Å². The summed E-state index contributed by atoms with van der Waals surface area (Å²) in [6, 6.07) is 0.582. The third-order valence-electron chi connectivity index (χ3n) is 11.7. The monoisotopic (exact) mass is 500 g/mol. The highest BCUT2D eigenvalue weighted by atomic mass is 16.5. The molecule has 0 radical (unpaired) electrons. The Hall–Kier alpha value is -1.36. The summed E-state index contributed by atoms with van der Waals surface area (Å²) >= 11 is 0. The summed E-state index contributed by atoms with van der Waals surface area (Å²) in [4.78, 5) is 29.5. The third kappa shape index (κ3) is 4.56. The fraction of sp³-hybridized carbons (Fsp3) is 0.871. The lowest BCUT2D eigenvalue weighted by molar-refractivity contribution is -0.188. The van der Waals surface area contributed by atoms with Crippen LogP contribution in [0.4, 0.5) is 0 Å². The maximum atomic E-state index is 13.0. The summed E-state index contributed by atoms with van der Waals surface area (Å²) in [6.07, 6.45) is 11.2. The summed E-state index contributed by atoms with van der Waals surface area (Å²) in [5.41, 5.74) is 1.62. The van der Waals surface area contributed by atoms with Crippen LogP contribution in [0.1, 0.15) is 92.9 Å². The van der Waals surface area contributed by atoms with Gasteiger partial charge in [0, 0.05) is 32.0 Å². The van der Waals surface area contributed by atoms with Gasteiger partial charge < -0.3 is 14.5 Å². The summed E-state index contributed by atoms with van der Waals surface area (Å²) in [5.74, 6) is 3.20. The molecule has 0 saturated heterocycles. The zero-order valence-corrected chi connectivity index (χ0v) is 24.5. The molecule has 1 amide bonds. The van der Waals surface area contributed by atoms with E-state index in [1.807, 2.05) is 25.8 Å². The molecular formula is C31H52N2O3. The van der Waals surface area contributed by atoms with Crippen LogP contribution in [0.5, 0.6) is 0 Å². The van der Waals surface area contributed by atoms with Gasteiger partial charge in [0.1, 0.15) is 6.10 Å². The average Bonchev–Trinajstić information content (AvgIpc) is 3.14. The molecular weight excluding hydrogens is 448 g/mol. The molecule has 4 rings (SSSR count). The molecule has 4 fully saturated rings. The Morgan fingerprint density at radius 3 is 2.08 bits per heavy atom. The second-order valence-corrected chi connectivity index (χ2v) is 13.8. The first-order valence-corrected chi connectivity index (χ1v) is 14.6. The molecule has 4 saturated carbocycles. The van der Waals surface area contributed by atoms with Crippen LogP contribution in [0.25, 0.3) is 0 Å². The smallest absolute Gasteiger partial charge is 0.302 e. The average molecular weight is 501 g/mol. The Morgan fingerprint density at radius 2 is 1.47 bits per heavy atom. The lowest BCUT2D eigenvalue weighted by Crippen LogP contribution is -2.62. The fourth-order valence-electron chi connectivity index (χ4n) is 9.76. The number of rotatable bonds is 5. The van der Waals surface area contributed by atoms with Gasteiger partial charge in [-0.05, 0) is 121 Å². The number of amides is 1. The molecule has 5 nitrogen and oxygen atoms in total. The predicted octanol–water partition coefficient (Wildman–Crippen LogP) is 5.93. The van der Waals surface area contributed by atoms with Gasteiger partial charge in [0.25, 0.3) is 0 Å². The van der Waals surface area contributed by atoms with Crippen molar-refractivity contribution in [2.75, 3.05) is 21.1 Å². The van der Waals surface area contributed by atoms with Crippen molar-refractivity contribution < 1.29 is 14.3 Å². The molecule has 10 atom stereocenters. The van der Waals surface area contributed by atoms with Crippen LogP contribution < -0.4 is 0 Å². The van der Waals surface area contributed by atoms with E-state index in [0.29, 0.717) is 23.3 Å². The normalized spacial score (nSPS) is 42.6. The van der Waals surface area contributed by atoms with Gasteiger partial charge in [-0.25, -0.2) is 0 Å². The highest BCUT2D eigenvalue weighted by molar-refractivity contribution is 5.88. The molecule has 0 aromatic carbocycles. The Bertz CT molecular complexity index is 879. The van der Waals surface area contributed by atoms with Crippen molar-refractivity contribution in [3.8, 4) is 0 Å². The van der Waals surface area contributed by atoms with Crippen LogP contribution in [-0.2, 0) is 14.3 Å². The minimum absolute atomic E-state index is 0.0230. The third-order valence-corrected chi connectivity index (χ3v) is 11.7. The number of fused-ring (bicyclic) bond motifs is 5. The van der Waals surface area contributed by atoms with Gasteiger partial charge in [-0.15, -0.1) is 0 Å². The Kier molecular flexibility index (Phi) is 7.74. The van der Waals surface area contributed by atoms with Crippen molar-refractivity contribution in [1.82, 2.24) is 9.80 Å². The number of hydrogen-bond acceptors (Lipinski definition) is 4. The van der Waals surface area contributed by atoms with Gasteiger partial charge in [0.2, 0.25) is 5.91 Å². The standard InChI is InChI=1S/C31H52N2O3/c1-19(2)18-28(35)33(9)27-15-17-31(6)25-14-16-30(5)23(20(3)32(7)8)12-13-24(30)22(25)10-11-26(31)29(27)36-21(4)34/h18,20,22-27,29H,10-17H2,1-9H3/t20-,22-,23-,24+,25+,26+,27-,29-,30+,31+/m1/s1. The molecule has 0 heterocycles. The Morgan fingerprint density at radius 1 is 0.861 bits per heavy atom. The minimum Gasteiger partial charge on any atom is -0.460 e. The van der Waals surface area contributed by atoms with Crippen molar-refractivity contribution in [3.63, 3.8) is 0 Å². The van der Waals surface area contributed by atoms with Gasteiger partial charge in [-0.3, -0.25) is 9.59 Å². The lowest BCUT2D eigenvalue weighted by atomic mass is 9.44. The highest BCUT2D eigenvalue weighted by Crippen LogP contribution is 2.68. The lowest BCUT2D eigenvalue weighted by Gasteiger charge is -2.63. The molecule has 0 N–H and O–H groups in total. The molecule has 4 aliphatic carbocycles. The van der Waals surface area contributed by atoms with E-state index in [9.17, 15) is 9.59 Å². The fourth-order valence-corrected chi connectivity index (χ4v) is 9.76. The molecule has 0 aromatic heterocycles. The molecule has 4 aliphatic rings. The van der Waals surface area contributed by atoms with E-state index < -0.39 is 0 Å². The van der Waals surface area contributed by atoms with Crippen molar-refractivity contribution in [3.05, 3.63) is 11.6 Å². The molecule has 0 unspecified atom stereocenters. The van der Waals surface area contributed by atoms with Crippen LogP contribution in [0, 0.1) is 40.4 Å². The molecule has 204 valence electrons. The van der Waals surface area contributed by atoms with Crippen molar-refractivity contribution in [2.24, 2.45) is 40.4 Å². The van der Waals surface area contributed by atoms with E-state index in [1.165, 1.54) is 39.0 Å². The van der Waals surface area contributed by atoms with Crippen molar-refractivity contribution in [2.45, 2.75) is 111 Å². The first kappa shape index (κ1) is 27.7. The summed E-state index contributed by atoms with van der Waals surface area (Å²) < 4.78 is 6.12. The highest BCUT2D eigenvalue weighted by Gasteiger charge is 2.63. The van der Waals surface area contributed by atoms with Crippen molar-refractivity contribution in [1.29, 1.82) is 0 Å². The first-order chi connectivity index (χ1) is 16.8.